The molecule has 0 radical (unpaired) electrons. The first-order valence-corrected chi connectivity index (χ1v) is 12.1. The lowest BCUT2D eigenvalue weighted by atomic mass is 10.1. The largest absolute Gasteiger partial charge is 0.437 e. The number of benzene rings is 5. The van der Waals surface area contributed by atoms with Gasteiger partial charge in [0.2, 0.25) is 5.89 Å². The van der Waals surface area contributed by atoms with Crippen molar-refractivity contribution in [2.45, 2.75) is 0 Å². The van der Waals surface area contributed by atoms with E-state index in [0.29, 0.717) is 17.2 Å². The van der Waals surface area contributed by atoms with E-state index in [-0.39, 0.29) is 0 Å². The Kier molecular flexibility index (Phi) is 3.94. The number of fused-ring (bicyclic) bond motifs is 6. The predicted molar refractivity (Wildman–Crippen MR) is 148 cm³/mol. The Morgan fingerprint density at radius 1 is 0.703 bits per heavy atom. The van der Waals surface area contributed by atoms with Gasteiger partial charge in [-0.2, -0.15) is 0 Å². The average molecular weight is 475 g/mol. The Labute approximate surface area is 212 Å². The molecular weight excluding hydrogens is 456 g/mol. The molecule has 0 atom stereocenters. The van der Waals surface area contributed by atoms with Crippen molar-refractivity contribution in [2.75, 3.05) is 4.90 Å². The minimum absolute atomic E-state index is 0.542. The van der Waals surface area contributed by atoms with E-state index < -0.39 is 0 Å². The highest BCUT2D eigenvalue weighted by molar-refractivity contribution is 6.16. The van der Waals surface area contributed by atoms with Crippen molar-refractivity contribution in [1.82, 2.24) is 9.55 Å². The van der Waals surface area contributed by atoms with Gasteiger partial charge in [0.05, 0.1) is 34.7 Å². The zero-order valence-electron chi connectivity index (χ0n) is 19.6. The number of hydrogen-bond donors (Lipinski definition) is 0. The fourth-order valence-corrected chi connectivity index (χ4v) is 5.54. The molecule has 37 heavy (non-hydrogen) atoms. The van der Waals surface area contributed by atoms with E-state index in [1.807, 2.05) is 18.2 Å². The molecule has 0 saturated carbocycles. The van der Waals surface area contributed by atoms with Crippen LogP contribution in [0.25, 0.3) is 54.9 Å². The summed E-state index contributed by atoms with van der Waals surface area (Å²) in [5.74, 6) is 0.546. The first-order chi connectivity index (χ1) is 18.3. The molecule has 1 aliphatic heterocycles. The highest BCUT2D eigenvalue weighted by Crippen LogP contribution is 2.49. The van der Waals surface area contributed by atoms with Crippen LogP contribution in [0.3, 0.4) is 0 Å². The molecule has 1 aliphatic rings. The lowest BCUT2D eigenvalue weighted by Gasteiger charge is -2.33. The van der Waals surface area contributed by atoms with E-state index >= 15 is 0 Å². The fraction of sp³-hybridized carbons (Fsp3) is 0. The topological polar surface area (TPSA) is 38.6 Å². The van der Waals surface area contributed by atoms with Crippen LogP contribution in [0.5, 0.6) is 0 Å². The molecule has 7 aromatic rings. The molecule has 5 nitrogen and oxygen atoms in total. The van der Waals surface area contributed by atoms with Crippen molar-refractivity contribution >= 4 is 55.7 Å². The van der Waals surface area contributed by atoms with Gasteiger partial charge >= 0.3 is 0 Å². The number of nitrogens with zero attached hydrogens (tertiary/aromatic N) is 4. The first kappa shape index (κ1) is 19.9. The molecule has 0 N–H and O–H groups in total. The fourth-order valence-electron chi connectivity index (χ4n) is 5.54. The van der Waals surface area contributed by atoms with Crippen LogP contribution < -0.4 is 4.90 Å². The van der Waals surface area contributed by atoms with Crippen LogP contribution in [-0.2, 0) is 0 Å². The maximum absolute atomic E-state index is 7.24. The van der Waals surface area contributed by atoms with Crippen molar-refractivity contribution in [3.05, 3.63) is 121 Å². The summed E-state index contributed by atoms with van der Waals surface area (Å²) in [7, 11) is 0. The number of rotatable bonds is 2. The van der Waals surface area contributed by atoms with Crippen molar-refractivity contribution < 1.29 is 4.42 Å². The highest BCUT2D eigenvalue weighted by Gasteiger charge is 2.28. The minimum atomic E-state index is 0.542. The summed E-state index contributed by atoms with van der Waals surface area (Å²) in [6, 6.07) is 37.3. The normalized spacial score (nSPS) is 12.2. The third-order valence-corrected chi connectivity index (χ3v) is 7.15. The number of aromatic nitrogens is 2. The second kappa shape index (κ2) is 7.33. The number of anilines is 3. The quantitative estimate of drug-likeness (QED) is 0.235. The molecule has 0 saturated heterocycles. The number of hydrogen-bond acceptors (Lipinski definition) is 3. The van der Waals surface area contributed by atoms with Crippen molar-refractivity contribution in [3.8, 4) is 17.1 Å². The van der Waals surface area contributed by atoms with Gasteiger partial charge in [-0.15, -0.1) is 0 Å². The van der Waals surface area contributed by atoms with E-state index in [9.17, 15) is 0 Å². The number of para-hydroxylation sites is 4. The van der Waals surface area contributed by atoms with Gasteiger partial charge in [0.25, 0.3) is 0 Å². The molecule has 0 fully saturated rings. The van der Waals surface area contributed by atoms with E-state index in [4.69, 9.17) is 11.0 Å². The van der Waals surface area contributed by atoms with Gasteiger partial charge in [0.1, 0.15) is 11.1 Å². The molecule has 0 unspecified atom stereocenters. The van der Waals surface area contributed by atoms with Crippen LogP contribution in [0.1, 0.15) is 0 Å². The van der Waals surface area contributed by atoms with Crippen LogP contribution >= 0.6 is 0 Å². The van der Waals surface area contributed by atoms with E-state index in [1.165, 1.54) is 21.8 Å². The second-order valence-electron chi connectivity index (χ2n) is 9.18. The SMILES string of the molecule is [C-]#[N+]c1ccc2nc(-c3ccc(N4c5ccccc5-n5c6ccccc6c6cccc4c65)cc3)oc2c1. The Morgan fingerprint density at radius 3 is 2.32 bits per heavy atom. The summed E-state index contributed by atoms with van der Waals surface area (Å²) in [5, 5.41) is 2.50. The van der Waals surface area contributed by atoms with Gasteiger partial charge in [-0.1, -0.05) is 48.5 Å². The Hall–Kier alpha value is -5.34. The third kappa shape index (κ3) is 2.75. The second-order valence-corrected chi connectivity index (χ2v) is 9.18. The molecule has 5 heteroatoms. The van der Waals surface area contributed by atoms with Crippen LogP contribution in [0.2, 0.25) is 0 Å². The molecule has 0 amide bonds. The van der Waals surface area contributed by atoms with Crippen LogP contribution in [0.4, 0.5) is 22.7 Å². The summed E-state index contributed by atoms with van der Waals surface area (Å²) in [5.41, 5.74) is 9.72. The summed E-state index contributed by atoms with van der Waals surface area (Å²) in [6.45, 7) is 7.24. The van der Waals surface area contributed by atoms with Crippen molar-refractivity contribution in [1.29, 1.82) is 0 Å². The van der Waals surface area contributed by atoms with Crippen LogP contribution in [0, 0.1) is 6.57 Å². The molecule has 2 aromatic heterocycles. The Morgan fingerprint density at radius 2 is 1.46 bits per heavy atom. The molecule has 0 bridgehead atoms. The third-order valence-electron chi connectivity index (χ3n) is 7.15. The zero-order valence-corrected chi connectivity index (χ0v) is 19.6. The lowest BCUT2D eigenvalue weighted by molar-refractivity contribution is 0.620. The van der Waals surface area contributed by atoms with Gasteiger partial charge in [-0.3, -0.25) is 0 Å². The zero-order chi connectivity index (χ0) is 24.5. The van der Waals surface area contributed by atoms with Crippen LogP contribution in [-0.4, -0.2) is 9.55 Å². The molecule has 5 aromatic carbocycles. The van der Waals surface area contributed by atoms with Gasteiger partial charge in [-0.05, 0) is 60.7 Å². The maximum atomic E-state index is 7.24. The van der Waals surface area contributed by atoms with Gasteiger partial charge < -0.3 is 13.9 Å². The van der Waals surface area contributed by atoms with Gasteiger partial charge in [0, 0.05) is 22.0 Å². The Bertz CT molecular complexity index is 2060. The standard InChI is InChI=1S/C32H18N4O/c1-33-21-15-18-25-30(19-21)37-32(34-25)20-13-16-22(17-14-20)35-27-10-4-5-11-28(27)36-26-9-3-2-7-23(26)24-8-6-12-29(35)31(24)36/h2-19H. The Balaban J connectivity index is 1.31. The summed E-state index contributed by atoms with van der Waals surface area (Å²) in [6.07, 6.45) is 0. The summed E-state index contributed by atoms with van der Waals surface area (Å²) < 4.78 is 8.38. The molecule has 8 rings (SSSR count). The first-order valence-electron chi connectivity index (χ1n) is 12.1. The molecule has 0 spiro atoms. The summed E-state index contributed by atoms with van der Waals surface area (Å²) >= 11 is 0. The van der Waals surface area contributed by atoms with Gasteiger partial charge in [0.15, 0.2) is 5.69 Å². The van der Waals surface area contributed by atoms with Crippen LogP contribution in [0.15, 0.2) is 114 Å². The van der Waals surface area contributed by atoms with Crippen molar-refractivity contribution in [3.63, 3.8) is 0 Å². The minimum Gasteiger partial charge on any atom is -0.437 e. The molecule has 172 valence electrons. The number of oxazole rings is 1. The molecule has 0 aliphatic carbocycles. The van der Waals surface area contributed by atoms with E-state index in [1.54, 1.807) is 12.1 Å². The average Bonchev–Trinajstić information content (AvgIpc) is 3.54. The van der Waals surface area contributed by atoms with E-state index in [0.717, 1.165) is 33.8 Å². The highest BCUT2D eigenvalue weighted by atomic mass is 16.3. The maximum Gasteiger partial charge on any atom is 0.227 e. The van der Waals surface area contributed by atoms with Crippen molar-refractivity contribution in [2.24, 2.45) is 0 Å². The monoisotopic (exact) mass is 474 g/mol. The summed E-state index contributed by atoms with van der Waals surface area (Å²) in [4.78, 5) is 10.4. The molecule has 3 heterocycles. The smallest absolute Gasteiger partial charge is 0.227 e. The molecular formula is C32H18N4O. The predicted octanol–water partition coefficient (Wildman–Crippen LogP) is 8.93. The lowest BCUT2D eigenvalue weighted by Crippen LogP contribution is -2.17. The van der Waals surface area contributed by atoms with Gasteiger partial charge in [-0.25, -0.2) is 9.83 Å². The van der Waals surface area contributed by atoms with E-state index in [2.05, 4.69) is 98.2 Å².